The van der Waals surface area contributed by atoms with E-state index in [-0.39, 0.29) is 31.8 Å². The molecule has 186 valence electrons. The van der Waals surface area contributed by atoms with Crippen molar-refractivity contribution in [2.75, 3.05) is 39.4 Å². The normalized spacial score (nSPS) is 22.3. The number of ether oxygens (including phenoxy) is 1. The van der Waals surface area contributed by atoms with Crippen LogP contribution < -0.4 is 10.1 Å². The molecule has 1 saturated carbocycles. The van der Waals surface area contributed by atoms with Crippen LogP contribution >= 0.6 is 0 Å². The monoisotopic (exact) mass is 482 g/mol. The summed E-state index contributed by atoms with van der Waals surface area (Å²) in [6.07, 6.45) is -2.63. The summed E-state index contributed by atoms with van der Waals surface area (Å²) in [5, 5.41) is 11.1. The fourth-order valence-electron chi connectivity index (χ4n) is 4.45. The number of aliphatic hydroxyl groups is 1. The molecule has 0 bridgehead atoms. The minimum absolute atomic E-state index is 0.0259. The number of amides is 1. The molecule has 1 aliphatic carbocycles. The van der Waals surface area contributed by atoms with Gasteiger partial charge in [-0.25, -0.2) is 4.39 Å². The second kappa shape index (κ2) is 10.5. The average molecular weight is 482 g/mol. The number of likely N-dealkylation sites (tertiary alicyclic amines) is 1. The quantitative estimate of drug-likeness (QED) is 0.498. The topological polar surface area (TPSA) is 61.8 Å². The van der Waals surface area contributed by atoms with E-state index in [9.17, 15) is 31.1 Å². The highest BCUT2D eigenvalue weighted by Gasteiger charge is 2.58. The second-order valence-corrected chi connectivity index (χ2v) is 8.73. The van der Waals surface area contributed by atoms with E-state index < -0.39 is 30.4 Å². The Kier molecular flexibility index (Phi) is 8.15. The highest BCUT2D eigenvalue weighted by Crippen LogP contribution is 2.50. The van der Waals surface area contributed by atoms with Crippen molar-refractivity contribution in [3.05, 3.63) is 29.6 Å². The summed E-state index contributed by atoms with van der Waals surface area (Å²) in [5.41, 5.74) is -0.141. The van der Waals surface area contributed by atoms with Crippen molar-refractivity contribution in [3.8, 4) is 5.75 Å². The molecule has 1 amide bonds. The first-order valence-electron chi connectivity index (χ1n) is 11.0. The van der Waals surface area contributed by atoms with E-state index in [2.05, 4.69) is 5.32 Å². The van der Waals surface area contributed by atoms with Crippen molar-refractivity contribution in [1.82, 2.24) is 10.2 Å². The maximum atomic E-state index is 14.1. The van der Waals surface area contributed by atoms with Crippen LogP contribution in [0.3, 0.4) is 0 Å². The number of carbonyl (C=O) groups excluding carboxylic acids is 1. The maximum absolute atomic E-state index is 14.1. The third-order valence-corrected chi connectivity index (χ3v) is 6.39. The van der Waals surface area contributed by atoms with Gasteiger partial charge in [0.05, 0.1) is 25.3 Å². The molecular formula is C22H28F6N2O3. The van der Waals surface area contributed by atoms with Crippen LogP contribution in [-0.4, -0.2) is 67.4 Å². The number of carbonyl (C=O) groups is 1. The van der Waals surface area contributed by atoms with Gasteiger partial charge in [0.15, 0.2) is 0 Å². The Morgan fingerprint density at radius 1 is 1.18 bits per heavy atom. The van der Waals surface area contributed by atoms with E-state index in [0.717, 1.165) is 18.9 Å². The van der Waals surface area contributed by atoms with E-state index in [4.69, 9.17) is 9.84 Å². The van der Waals surface area contributed by atoms with E-state index in [1.807, 2.05) is 0 Å². The predicted molar refractivity (Wildman–Crippen MR) is 108 cm³/mol. The van der Waals surface area contributed by atoms with Crippen LogP contribution in [-0.2, 0) is 0 Å². The highest BCUT2D eigenvalue weighted by molar-refractivity contribution is 5.94. The van der Waals surface area contributed by atoms with Gasteiger partial charge >= 0.3 is 12.1 Å². The molecule has 2 atom stereocenters. The molecule has 2 fully saturated rings. The lowest BCUT2D eigenvalue weighted by atomic mass is 9.90. The number of benzene rings is 1. The zero-order valence-corrected chi connectivity index (χ0v) is 18.0. The lowest BCUT2D eigenvalue weighted by Crippen LogP contribution is -2.49. The van der Waals surface area contributed by atoms with Crippen molar-refractivity contribution >= 4 is 5.91 Å². The van der Waals surface area contributed by atoms with E-state index >= 15 is 0 Å². The molecule has 0 aromatic heterocycles. The number of hydrogen-bond donors (Lipinski definition) is 2. The third-order valence-electron chi connectivity index (χ3n) is 6.39. The molecule has 2 unspecified atom stereocenters. The number of rotatable bonds is 10. The average Bonchev–Trinajstić information content (AvgIpc) is 3.51. The lowest BCUT2D eigenvalue weighted by Gasteiger charge is -2.34. The zero-order chi connectivity index (χ0) is 24.2. The summed E-state index contributed by atoms with van der Waals surface area (Å²) >= 11 is 0. The number of halogens is 6. The first-order chi connectivity index (χ1) is 15.5. The van der Waals surface area contributed by atoms with Crippen molar-refractivity contribution in [1.29, 1.82) is 0 Å². The first-order valence-corrected chi connectivity index (χ1v) is 11.0. The Labute approximate surface area is 188 Å². The molecule has 2 aliphatic rings. The molecule has 1 heterocycles. The van der Waals surface area contributed by atoms with Gasteiger partial charge < -0.3 is 15.2 Å². The number of piperidine rings is 1. The summed E-state index contributed by atoms with van der Waals surface area (Å²) in [7, 11) is 0. The summed E-state index contributed by atoms with van der Waals surface area (Å²) in [5.74, 6) is -4.64. The van der Waals surface area contributed by atoms with Gasteiger partial charge in [0.2, 0.25) is 0 Å². The van der Waals surface area contributed by atoms with Crippen LogP contribution in [0.2, 0.25) is 0 Å². The van der Waals surface area contributed by atoms with Gasteiger partial charge in [-0.1, -0.05) is 0 Å². The predicted octanol–water partition coefficient (Wildman–Crippen LogP) is 3.86. The Bertz CT molecular complexity index is 812. The number of nitrogens with one attached hydrogen (secondary N) is 1. The second-order valence-electron chi connectivity index (χ2n) is 8.73. The first kappa shape index (κ1) is 25.6. The summed E-state index contributed by atoms with van der Waals surface area (Å²) in [4.78, 5) is 13.0. The van der Waals surface area contributed by atoms with Crippen molar-refractivity contribution in [2.45, 2.75) is 37.8 Å². The fourth-order valence-corrected chi connectivity index (χ4v) is 4.45. The van der Waals surface area contributed by atoms with Gasteiger partial charge in [0, 0.05) is 12.6 Å². The molecule has 1 aliphatic heterocycles. The Hall–Kier alpha value is -2.01. The van der Waals surface area contributed by atoms with Crippen LogP contribution in [0, 0.1) is 23.6 Å². The zero-order valence-electron chi connectivity index (χ0n) is 18.0. The smallest absolute Gasteiger partial charge is 0.454 e. The van der Waals surface area contributed by atoms with E-state index in [0.29, 0.717) is 43.0 Å². The molecule has 1 saturated heterocycles. The van der Waals surface area contributed by atoms with Gasteiger partial charge in [-0.05, 0) is 68.7 Å². The molecule has 33 heavy (non-hydrogen) atoms. The Morgan fingerprint density at radius 2 is 1.88 bits per heavy atom. The van der Waals surface area contributed by atoms with E-state index in [1.165, 1.54) is 17.0 Å². The molecule has 1 aromatic carbocycles. The third kappa shape index (κ3) is 6.75. The summed E-state index contributed by atoms with van der Waals surface area (Å²) in [6, 6.07) is 3.94. The summed E-state index contributed by atoms with van der Waals surface area (Å²) in [6.45, 7) is -0.694. The van der Waals surface area contributed by atoms with Gasteiger partial charge in [-0.15, -0.1) is 0 Å². The fraction of sp³-hybridized carbons (Fsp3) is 0.682. The molecule has 5 nitrogen and oxygen atoms in total. The maximum Gasteiger partial charge on any atom is 0.454 e. The minimum Gasteiger partial charge on any atom is -0.493 e. The van der Waals surface area contributed by atoms with Crippen LogP contribution in [0.1, 0.15) is 36.0 Å². The molecule has 0 spiro atoms. The van der Waals surface area contributed by atoms with Gasteiger partial charge in [-0.3, -0.25) is 9.69 Å². The largest absolute Gasteiger partial charge is 0.493 e. The number of hydrogen-bond acceptors (Lipinski definition) is 4. The van der Waals surface area contributed by atoms with Crippen LogP contribution in [0.5, 0.6) is 5.75 Å². The van der Waals surface area contributed by atoms with Crippen LogP contribution in [0.25, 0.3) is 0 Å². The number of alkyl halides is 5. The SMILES string of the molecule is O=C(NCCO)c1ccc(OCCC2CC2C2CCN(CC(F)(F)C(F)(F)F)CC2)cc1F. The molecule has 0 radical (unpaired) electrons. The minimum atomic E-state index is -5.53. The van der Waals surface area contributed by atoms with Crippen LogP contribution in [0.15, 0.2) is 18.2 Å². The Morgan fingerprint density at radius 3 is 2.48 bits per heavy atom. The highest BCUT2D eigenvalue weighted by atomic mass is 19.4. The van der Waals surface area contributed by atoms with Gasteiger partial charge in [0.1, 0.15) is 11.6 Å². The Balaban J connectivity index is 1.36. The van der Waals surface area contributed by atoms with Crippen molar-refractivity contribution in [2.24, 2.45) is 17.8 Å². The van der Waals surface area contributed by atoms with Crippen LogP contribution in [0.4, 0.5) is 26.3 Å². The molecule has 11 heteroatoms. The standard InChI is InChI=1S/C22H28F6N2O3/c23-19-12-16(1-2-17(19)20(32)29-6-9-31)33-10-5-15-11-18(15)14-3-7-30(8-4-14)13-21(24,25)22(26,27)28/h1-2,12,14-15,18,31H,3-11,13H2,(H,29,32). The molecule has 3 rings (SSSR count). The lowest BCUT2D eigenvalue weighted by molar-refractivity contribution is -0.287. The molecular weight excluding hydrogens is 454 g/mol. The molecule has 2 N–H and O–H groups in total. The van der Waals surface area contributed by atoms with Gasteiger partial charge in [-0.2, -0.15) is 22.0 Å². The number of aliphatic hydroxyl groups excluding tert-OH is 1. The molecule has 1 aromatic rings. The van der Waals surface area contributed by atoms with Crippen molar-refractivity contribution in [3.63, 3.8) is 0 Å². The summed E-state index contributed by atoms with van der Waals surface area (Å²) < 4.78 is 83.3. The van der Waals surface area contributed by atoms with Gasteiger partial charge in [0.25, 0.3) is 5.91 Å². The van der Waals surface area contributed by atoms with Crippen molar-refractivity contribution < 1.29 is 41.0 Å². The van der Waals surface area contributed by atoms with E-state index in [1.54, 1.807) is 0 Å². The number of nitrogens with zero attached hydrogens (tertiary/aromatic N) is 1.